The zero-order valence-electron chi connectivity index (χ0n) is 16.7. The third-order valence-corrected chi connectivity index (χ3v) is 5.83. The van der Waals surface area contributed by atoms with Crippen molar-refractivity contribution in [2.75, 3.05) is 33.8 Å². The van der Waals surface area contributed by atoms with Gasteiger partial charge in [-0.1, -0.05) is 18.2 Å². The van der Waals surface area contributed by atoms with E-state index in [0.29, 0.717) is 30.5 Å². The predicted molar refractivity (Wildman–Crippen MR) is 107 cm³/mol. The van der Waals surface area contributed by atoms with Crippen LogP contribution in [0.2, 0.25) is 0 Å². The molecule has 3 atom stereocenters. The average molecular weight is 398 g/mol. The minimum atomic E-state index is -0.958. The number of carbonyl (C=O) groups is 2. The Morgan fingerprint density at radius 2 is 2.03 bits per heavy atom. The molecule has 0 bridgehead atoms. The van der Waals surface area contributed by atoms with Crippen LogP contribution in [-0.2, 0) is 9.53 Å². The van der Waals surface area contributed by atoms with Crippen molar-refractivity contribution in [2.45, 2.75) is 31.0 Å². The summed E-state index contributed by atoms with van der Waals surface area (Å²) in [5, 5.41) is 9.54. The van der Waals surface area contributed by atoms with Gasteiger partial charge in [-0.25, -0.2) is 9.78 Å². The number of nitrogens with zero attached hydrogens (tertiary/aromatic N) is 4. The largest absolute Gasteiger partial charge is 0.478 e. The van der Waals surface area contributed by atoms with Crippen LogP contribution in [0.25, 0.3) is 11.4 Å². The lowest BCUT2D eigenvalue weighted by molar-refractivity contribution is -0.134. The molecule has 0 radical (unpaired) electrons. The number of rotatable bonds is 5. The van der Waals surface area contributed by atoms with E-state index in [4.69, 9.17) is 4.74 Å². The Morgan fingerprint density at radius 3 is 2.79 bits per heavy atom. The van der Waals surface area contributed by atoms with Gasteiger partial charge in [0.25, 0.3) is 0 Å². The van der Waals surface area contributed by atoms with Gasteiger partial charge in [0.15, 0.2) is 0 Å². The standard InChI is InChI=1S/C21H26N4O4/c1-23(2)19(26)10-16-12-24-11-14(9-15(24)13-29-16)25-8-7-22-20(25)17-5-3-4-6-18(17)21(27)28/h3-8,14-16H,9-13H2,1-2H3,(H,27,28)/t14-,15+,16+/m1/s1. The second kappa shape index (κ2) is 7.96. The summed E-state index contributed by atoms with van der Waals surface area (Å²) in [7, 11) is 3.52. The summed E-state index contributed by atoms with van der Waals surface area (Å²) in [5.41, 5.74) is 0.877. The second-order valence-electron chi connectivity index (χ2n) is 7.95. The molecule has 29 heavy (non-hydrogen) atoms. The minimum absolute atomic E-state index is 0.0753. The van der Waals surface area contributed by atoms with E-state index in [0.717, 1.165) is 19.5 Å². The molecule has 8 nitrogen and oxygen atoms in total. The van der Waals surface area contributed by atoms with Crippen molar-refractivity contribution < 1.29 is 19.4 Å². The van der Waals surface area contributed by atoms with Gasteiger partial charge in [-0.3, -0.25) is 9.69 Å². The first-order chi connectivity index (χ1) is 13.9. The lowest BCUT2D eigenvalue weighted by Gasteiger charge is -2.35. The van der Waals surface area contributed by atoms with Crippen molar-refractivity contribution in [1.82, 2.24) is 19.4 Å². The fourth-order valence-electron chi connectivity index (χ4n) is 4.30. The van der Waals surface area contributed by atoms with Crippen LogP contribution >= 0.6 is 0 Å². The maximum atomic E-state index is 12.0. The molecule has 154 valence electrons. The molecule has 4 rings (SSSR count). The highest BCUT2D eigenvalue weighted by Gasteiger charge is 2.39. The fraction of sp³-hybridized carbons (Fsp3) is 0.476. The number of hydrogen-bond acceptors (Lipinski definition) is 5. The number of imidazole rings is 1. The third-order valence-electron chi connectivity index (χ3n) is 5.83. The molecule has 0 spiro atoms. The number of carboxylic acids is 1. The third kappa shape index (κ3) is 3.90. The van der Waals surface area contributed by atoms with E-state index in [1.807, 2.05) is 12.3 Å². The summed E-state index contributed by atoms with van der Waals surface area (Å²) in [6.07, 6.45) is 4.86. The zero-order chi connectivity index (χ0) is 20.5. The number of carboxylic acid groups (broad SMARTS) is 1. The van der Waals surface area contributed by atoms with Crippen LogP contribution in [0.15, 0.2) is 36.7 Å². The quantitative estimate of drug-likeness (QED) is 0.826. The molecule has 2 aromatic rings. The summed E-state index contributed by atoms with van der Waals surface area (Å²) < 4.78 is 8.04. The van der Waals surface area contributed by atoms with Gasteiger partial charge in [0.05, 0.1) is 24.7 Å². The predicted octanol–water partition coefficient (Wildman–Crippen LogP) is 1.74. The Morgan fingerprint density at radius 1 is 1.24 bits per heavy atom. The Labute approximate surface area is 169 Å². The normalized spacial score (nSPS) is 24.3. The van der Waals surface area contributed by atoms with Crippen LogP contribution in [0.1, 0.15) is 29.2 Å². The van der Waals surface area contributed by atoms with Crippen molar-refractivity contribution in [1.29, 1.82) is 0 Å². The van der Waals surface area contributed by atoms with Crippen LogP contribution in [0, 0.1) is 0 Å². The second-order valence-corrected chi connectivity index (χ2v) is 7.95. The maximum absolute atomic E-state index is 12.0. The molecule has 0 unspecified atom stereocenters. The number of morpholine rings is 1. The molecule has 2 aliphatic heterocycles. The van der Waals surface area contributed by atoms with Crippen molar-refractivity contribution in [3.8, 4) is 11.4 Å². The summed E-state index contributed by atoms with van der Waals surface area (Å²) in [6.45, 7) is 2.17. The van der Waals surface area contributed by atoms with Gasteiger partial charge >= 0.3 is 5.97 Å². The van der Waals surface area contributed by atoms with Crippen LogP contribution in [0.4, 0.5) is 0 Å². The SMILES string of the molecule is CN(C)C(=O)C[C@H]1CN2C[C@H](n3ccnc3-c3ccccc3C(=O)O)C[C@H]2CO1. The monoisotopic (exact) mass is 398 g/mol. The summed E-state index contributed by atoms with van der Waals surface area (Å²) in [5.74, 6) is -0.208. The van der Waals surface area contributed by atoms with Gasteiger partial charge < -0.3 is 19.3 Å². The number of fused-ring (bicyclic) bond motifs is 1. The number of amides is 1. The smallest absolute Gasteiger partial charge is 0.336 e. The highest BCUT2D eigenvalue weighted by atomic mass is 16.5. The Balaban J connectivity index is 1.51. The van der Waals surface area contributed by atoms with Crippen LogP contribution < -0.4 is 0 Å². The molecule has 1 amide bonds. The van der Waals surface area contributed by atoms with Gasteiger partial charge in [0.1, 0.15) is 5.82 Å². The van der Waals surface area contributed by atoms with Crippen molar-refractivity contribution in [3.05, 3.63) is 42.2 Å². The number of hydrogen-bond donors (Lipinski definition) is 1. The van der Waals surface area contributed by atoms with Crippen LogP contribution in [-0.4, -0.2) is 82.3 Å². The van der Waals surface area contributed by atoms with Gasteiger partial charge in [-0.15, -0.1) is 0 Å². The van der Waals surface area contributed by atoms with Crippen molar-refractivity contribution in [2.24, 2.45) is 0 Å². The maximum Gasteiger partial charge on any atom is 0.336 e. The van der Waals surface area contributed by atoms with E-state index in [1.54, 1.807) is 43.4 Å². The number of aromatic carboxylic acids is 1. The number of aromatic nitrogens is 2. The Bertz CT molecular complexity index is 910. The number of benzene rings is 1. The van der Waals surface area contributed by atoms with Gasteiger partial charge in [-0.05, 0) is 12.5 Å². The van der Waals surface area contributed by atoms with E-state index in [2.05, 4.69) is 14.5 Å². The van der Waals surface area contributed by atoms with E-state index in [1.165, 1.54) is 0 Å². The Hall–Kier alpha value is -2.71. The van der Waals surface area contributed by atoms with E-state index >= 15 is 0 Å². The molecule has 2 fully saturated rings. The lowest BCUT2D eigenvalue weighted by atomic mass is 10.1. The molecular formula is C21H26N4O4. The lowest BCUT2D eigenvalue weighted by Crippen LogP contribution is -2.47. The highest BCUT2D eigenvalue weighted by Crippen LogP contribution is 2.34. The number of carbonyl (C=O) groups excluding carboxylic acids is 1. The first-order valence-corrected chi connectivity index (χ1v) is 9.85. The first-order valence-electron chi connectivity index (χ1n) is 9.85. The fourth-order valence-corrected chi connectivity index (χ4v) is 4.30. The highest BCUT2D eigenvalue weighted by molar-refractivity contribution is 5.95. The molecule has 0 aliphatic carbocycles. The molecule has 2 saturated heterocycles. The minimum Gasteiger partial charge on any atom is -0.478 e. The van der Waals surface area contributed by atoms with E-state index in [9.17, 15) is 14.7 Å². The summed E-state index contributed by atoms with van der Waals surface area (Å²) >= 11 is 0. The van der Waals surface area contributed by atoms with Gasteiger partial charge in [-0.2, -0.15) is 0 Å². The molecule has 0 saturated carbocycles. The van der Waals surface area contributed by atoms with E-state index < -0.39 is 5.97 Å². The molecule has 2 aliphatic rings. The topological polar surface area (TPSA) is 87.9 Å². The average Bonchev–Trinajstić information content (AvgIpc) is 3.34. The Kier molecular flexibility index (Phi) is 5.38. The van der Waals surface area contributed by atoms with Crippen LogP contribution in [0.5, 0.6) is 0 Å². The van der Waals surface area contributed by atoms with Crippen molar-refractivity contribution in [3.63, 3.8) is 0 Å². The molecular weight excluding hydrogens is 372 g/mol. The van der Waals surface area contributed by atoms with Gasteiger partial charge in [0.2, 0.25) is 5.91 Å². The molecule has 1 aromatic heterocycles. The molecule has 8 heteroatoms. The molecule has 1 aromatic carbocycles. The van der Waals surface area contributed by atoms with Gasteiger partial charge in [0, 0.05) is 57.2 Å². The van der Waals surface area contributed by atoms with Crippen molar-refractivity contribution >= 4 is 11.9 Å². The first kappa shape index (κ1) is 19.6. The number of ether oxygens (including phenoxy) is 1. The zero-order valence-corrected chi connectivity index (χ0v) is 16.7. The molecule has 3 heterocycles. The van der Waals surface area contributed by atoms with Crippen LogP contribution in [0.3, 0.4) is 0 Å². The van der Waals surface area contributed by atoms with E-state index in [-0.39, 0.29) is 23.6 Å². The summed E-state index contributed by atoms with van der Waals surface area (Å²) in [4.78, 5) is 32.1. The molecule has 1 N–H and O–H groups in total. The summed E-state index contributed by atoms with van der Waals surface area (Å²) in [6, 6.07) is 7.45.